The van der Waals surface area contributed by atoms with Crippen LogP contribution in [0, 0.1) is 0 Å². The smallest absolute Gasteiger partial charge is 0.127 e. The van der Waals surface area contributed by atoms with Gasteiger partial charge < -0.3 is 20.5 Å². The molecule has 0 bridgehead atoms. The highest BCUT2D eigenvalue weighted by Gasteiger charge is 2.31. The Balaban J connectivity index is 2.11. The van der Waals surface area contributed by atoms with E-state index in [9.17, 15) is 5.11 Å². The van der Waals surface area contributed by atoms with Crippen molar-refractivity contribution in [1.29, 1.82) is 0 Å². The van der Waals surface area contributed by atoms with Crippen LogP contribution in [-0.4, -0.2) is 42.5 Å². The lowest BCUT2D eigenvalue weighted by atomic mass is 9.90. The zero-order valence-corrected chi connectivity index (χ0v) is 10.1. The largest absolute Gasteiger partial charge is 0.394 e. The van der Waals surface area contributed by atoms with Gasteiger partial charge >= 0.3 is 0 Å². The molecule has 1 aliphatic heterocycles. The lowest BCUT2D eigenvalue weighted by Gasteiger charge is -2.37. The molecule has 3 N–H and O–H groups in total. The van der Waals surface area contributed by atoms with Crippen molar-refractivity contribution in [2.45, 2.75) is 18.4 Å². The molecule has 1 aromatic rings. The highest BCUT2D eigenvalue weighted by Crippen LogP contribution is 2.26. The van der Waals surface area contributed by atoms with Gasteiger partial charge in [0.15, 0.2) is 0 Å². The van der Waals surface area contributed by atoms with Crippen LogP contribution >= 0.6 is 0 Å². The maximum atomic E-state index is 9.58. The summed E-state index contributed by atoms with van der Waals surface area (Å²) < 4.78 is 5.33. The van der Waals surface area contributed by atoms with Crippen LogP contribution in [-0.2, 0) is 4.74 Å². The fourth-order valence-electron chi connectivity index (χ4n) is 2.04. The summed E-state index contributed by atoms with van der Waals surface area (Å²) in [5, 5.41) is 16.0. The van der Waals surface area contributed by atoms with Crippen LogP contribution in [0.3, 0.4) is 0 Å². The molecule has 0 aliphatic carbocycles. The van der Waals surface area contributed by atoms with Crippen LogP contribution in [0.1, 0.15) is 12.8 Å². The van der Waals surface area contributed by atoms with Gasteiger partial charge in [-0.1, -0.05) is 0 Å². The van der Waals surface area contributed by atoms with Crippen molar-refractivity contribution in [1.82, 2.24) is 4.98 Å². The highest BCUT2D eigenvalue weighted by atomic mass is 16.5. The molecule has 0 saturated carbocycles. The van der Waals surface area contributed by atoms with E-state index in [2.05, 4.69) is 15.6 Å². The first-order valence-electron chi connectivity index (χ1n) is 5.89. The third-order valence-corrected chi connectivity index (χ3v) is 3.18. The number of aliphatic hydroxyl groups is 1. The van der Waals surface area contributed by atoms with Gasteiger partial charge in [-0.15, -0.1) is 0 Å². The molecule has 0 unspecified atom stereocenters. The minimum Gasteiger partial charge on any atom is -0.394 e. The van der Waals surface area contributed by atoms with Crippen LogP contribution in [0.25, 0.3) is 0 Å². The first kappa shape index (κ1) is 12.1. The van der Waals surface area contributed by atoms with Gasteiger partial charge in [-0.2, -0.15) is 0 Å². The first-order chi connectivity index (χ1) is 8.28. The summed E-state index contributed by atoms with van der Waals surface area (Å²) in [4.78, 5) is 4.16. The Labute approximate surface area is 101 Å². The molecule has 1 fully saturated rings. The van der Waals surface area contributed by atoms with Gasteiger partial charge in [-0.3, -0.25) is 0 Å². The summed E-state index contributed by atoms with van der Waals surface area (Å²) in [6.45, 7) is 1.50. The van der Waals surface area contributed by atoms with E-state index >= 15 is 0 Å². The molecule has 1 aromatic heterocycles. The van der Waals surface area contributed by atoms with Crippen LogP contribution < -0.4 is 10.6 Å². The zero-order valence-electron chi connectivity index (χ0n) is 10.1. The van der Waals surface area contributed by atoms with E-state index in [0.717, 1.165) is 24.3 Å². The van der Waals surface area contributed by atoms with Gasteiger partial charge in [0.2, 0.25) is 0 Å². The Morgan fingerprint density at radius 3 is 2.88 bits per heavy atom. The lowest BCUT2D eigenvalue weighted by molar-refractivity contribution is 0.0380. The minimum absolute atomic E-state index is 0.119. The third kappa shape index (κ3) is 2.87. The van der Waals surface area contributed by atoms with Gasteiger partial charge in [0, 0.05) is 38.2 Å². The van der Waals surface area contributed by atoms with Crippen molar-refractivity contribution in [3.05, 3.63) is 18.3 Å². The summed E-state index contributed by atoms with van der Waals surface area (Å²) in [5.41, 5.74) is 0.713. The standard InChI is InChI=1S/C12H19N3O2/c1-13-11-8-10(2-5-14-11)15-12(9-16)3-6-17-7-4-12/h2,5,8,16H,3-4,6-7,9H2,1H3,(H2,13,14,15). The molecule has 2 rings (SSSR count). The summed E-state index contributed by atoms with van der Waals surface area (Å²) in [7, 11) is 1.84. The summed E-state index contributed by atoms with van der Waals surface area (Å²) in [6.07, 6.45) is 3.39. The van der Waals surface area contributed by atoms with Crippen LogP contribution in [0.5, 0.6) is 0 Å². The van der Waals surface area contributed by atoms with Gasteiger partial charge in [0.1, 0.15) is 5.82 Å². The second-order valence-electron chi connectivity index (χ2n) is 4.36. The Morgan fingerprint density at radius 2 is 2.24 bits per heavy atom. The number of rotatable bonds is 4. The van der Waals surface area contributed by atoms with Crippen molar-refractivity contribution in [3.8, 4) is 0 Å². The van der Waals surface area contributed by atoms with E-state index < -0.39 is 0 Å². The van der Waals surface area contributed by atoms with Crippen molar-refractivity contribution < 1.29 is 9.84 Å². The summed E-state index contributed by atoms with van der Waals surface area (Å²) >= 11 is 0. The fraction of sp³-hybridized carbons (Fsp3) is 0.583. The van der Waals surface area contributed by atoms with Crippen molar-refractivity contribution in [3.63, 3.8) is 0 Å². The van der Waals surface area contributed by atoms with Crippen LogP contribution in [0.4, 0.5) is 11.5 Å². The second kappa shape index (κ2) is 5.33. The minimum atomic E-state index is -0.259. The maximum Gasteiger partial charge on any atom is 0.127 e. The zero-order chi connectivity index (χ0) is 12.1. The average molecular weight is 237 g/mol. The van der Waals surface area contributed by atoms with Gasteiger partial charge in [-0.25, -0.2) is 4.98 Å². The Kier molecular flexibility index (Phi) is 3.81. The predicted octanol–water partition coefficient (Wildman–Crippen LogP) is 1.08. The number of aliphatic hydroxyl groups excluding tert-OH is 1. The van der Waals surface area contributed by atoms with Crippen molar-refractivity contribution in [2.75, 3.05) is 37.5 Å². The van der Waals surface area contributed by atoms with Gasteiger partial charge in [0.25, 0.3) is 0 Å². The van der Waals surface area contributed by atoms with E-state index in [1.807, 2.05) is 19.2 Å². The van der Waals surface area contributed by atoms with E-state index in [4.69, 9.17) is 4.74 Å². The third-order valence-electron chi connectivity index (χ3n) is 3.18. The number of hydrogen-bond donors (Lipinski definition) is 3. The number of aromatic nitrogens is 1. The molecule has 0 spiro atoms. The number of pyridine rings is 1. The Morgan fingerprint density at radius 1 is 1.47 bits per heavy atom. The van der Waals surface area contributed by atoms with E-state index in [1.54, 1.807) is 6.20 Å². The topological polar surface area (TPSA) is 66.4 Å². The monoisotopic (exact) mass is 237 g/mol. The average Bonchev–Trinajstić information content (AvgIpc) is 2.40. The molecule has 2 heterocycles. The normalized spacial score (nSPS) is 18.7. The van der Waals surface area contributed by atoms with Gasteiger partial charge in [0.05, 0.1) is 12.1 Å². The maximum absolute atomic E-state index is 9.58. The lowest BCUT2D eigenvalue weighted by Crippen LogP contribution is -2.46. The molecular weight excluding hydrogens is 218 g/mol. The van der Waals surface area contributed by atoms with Crippen LogP contribution in [0.2, 0.25) is 0 Å². The van der Waals surface area contributed by atoms with E-state index in [-0.39, 0.29) is 12.1 Å². The summed E-state index contributed by atoms with van der Waals surface area (Å²) in [6, 6.07) is 3.85. The molecule has 0 amide bonds. The number of hydrogen-bond acceptors (Lipinski definition) is 5. The first-order valence-corrected chi connectivity index (χ1v) is 5.89. The Hall–Kier alpha value is -1.33. The van der Waals surface area contributed by atoms with Crippen molar-refractivity contribution >= 4 is 11.5 Å². The SMILES string of the molecule is CNc1cc(NC2(CO)CCOCC2)ccn1. The molecule has 1 saturated heterocycles. The Bertz CT molecular complexity index is 365. The van der Waals surface area contributed by atoms with E-state index in [0.29, 0.717) is 13.2 Å². The summed E-state index contributed by atoms with van der Waals surface area (Å²) in [5.74, 6) is 0.815. The van der Waals surface area contributed by atoms with E-state index in [1.165, 1.54) is 0 Å². The number of ether oxygens (including phenoxy) is 1. The van der Waals surface area contributed by atoms with Gasteiger partial charge in [-0.05, 0) is 18.9 Å². The number of nitrogens with one attached hydrogen (secondary N) is 2. The molecular formula is C12H19N3O2. The molecule has 17 heavy (non-hydrogen) atoms. The molecule has 1 aliphatic rings. The molecule has 0 radical (unpaired) electrons. The highest BCUT2D eigenvalue weighted by molar-refractivity contribution is 5.53. The molecule has 5 heteroatoms. The second-order valence-corrected chi connectivity index (χ2v) is 4.36. The molecule has 94 valence electrons. The predicted molar refractivity (Wildman–Crippen MR) is 67.3 cm³/mol. The van der Waals surface area contributed by atoms with Crippen molar-refractivity contribution in [2.24, 2.45) is 0 Å². The fourth-order valence-corrected chi connectivity index (χ4v) is 2.04. The quantitative estimate of drug-likeness (QED) is 0.731. The molecule has 5 nitrogen and oxygen atoms in total. The molecule has 0 atom stereocenters. The number of nitrogens with zero attached hydrogens (tertiary/aromatic N) is 1. The van der Waals surface area contributed by atoms with Crippen LogP contribution in [0.15, 0.2) is 18.3 Å². The molecule has 0 aromatic carbocycles. The number of anilines is 2.